The number of nitrogens with zero attached hydrogens (tertiary/aromatic N) is 2. The molecule has 2 heterocycles. The lowest BCUT2D eigenvalue weighted by molar-refractivity contribution is 0.0849. The van der Waals surface area contributed by atoms with Crippen molar-refractivity contribution in [3.05, 3.63) is 0 Å². The molecule has 0 aromatic carbocycles. The average molecular weight is 241 g/mol. The number of ether oxygens (including phenoxy) is 1. The third-order valence-electron chi connectivity index (χ3n) is 4.15. The highest BCUT2D eigenvalue weighted by molar-refractivity contribution is 4.87. The molecule has 0 bridgehead atoms. The number of nitrogens with one attached hydrogen (secondary N) is 1. The molecule has 4 heteroatoms. The molecule has 100 valence electrons. The van der Waals surface area contributed by atoms with Crippen molar-refractivity contribution in [3.8, 4) is 0 Å². The SMILES string of the molecule is CNCC(COC)N1CCCN2CCCC2C1. The van der Waals surface area contributed by atoms with Crippen molar-refractivity contribution in [2.45, 2.75) is 31.3 Å². The summed E-state index contributed by atoms with van der Waals surface area (Å²) in [6, 6.07) is 1.33. The van der Waals surface area contributed by atoms with Crippen LogP contribution in [0.1, 0.15) is 19.3 Å². The molecule has 2 aliphatic heterocycles. The molecule has 2 fully saturated rings. The van der Waals surface area contributed by atoms with Crippen LogP contribution in [0.2, 0.25) is 0 Å². The second-order valence-electron chi connectivity index (χ2n) is 5.35. The van der Waals surface area contributed by atoms with E-state index >= 15 is 0 Å². The summed E-state index contributed by atoms with van der Waals surface area (Å²) in [5, 5.41) is 3.29. The molecule has 2 rings (SSSR count). The van der Waals surface area contributed by atoms with E-state index in [2.05, 4.69) is 15.1 Å². The quantitative estimate of drug-likeness (QED) is 0.754. The Morgan fingerprint density at radius 3 is 2.88 bits per heavy atom. The smallest absolute Gasteiger partial charge is 0.0630 e. The van der Waals surface area contributed by atoms with Crippen molar-refractivity contribution >= 4 is 0 Å². The van der Waals surface area contributed by atoms with Gasteiger partial charge >= 0.3 is 0 Å². The summed E-state index contributed by atoms with van der Waals surface area (Å²) in [5.74, 6) is 0. The molecule has 0 aromatic rings. The Hall–Kier alpha value is -0.160. The standard InChI is InChI=1S/C13H27N3O/c1-14-9-13(11-17-2)16-8-4-7-15-6-3-5-12(15)10-16/h12-14H,3-11H2,1-2H3. The molecule has 4 nitrogen and oxygen atoms in total. The predicted octanol–water partition coefficient (Wildman–Crippen LogP) is 0.391. The summed E-state index contributed by atoms with van der Waals surface area (Å²) in [5.41, 5.74) is 0. The van der Waals surface area contributed by atoms with E-state index in [9.17, 15) is 0 Å². The number of hydrogen-bond acceptors (Lipinski definition) is 4. The first kappa shape index (κ1) is 13.3. The Kier molecular flexibility index (Phi) is 5.22. The van der Waals surface area contributed by atoms with Crippen molar-refractivity contribution < 1.29 is 4.74 Å². The first-order chi connectivity index (χ1) is 8.35. The van der Waals surface area contributed by atoms with Gasteiger partial charge in [0.05, 0.1) is 6.61 Å². The molecule has 2 saturated heterocycles. The van der Waals surface area contributed by atoms with Crippen LogP contribution in [0.25, 0.3) is 0 Å². The van der Waals surface area contributed by atoms with Gasteiger partial charge in [-0.1, -0.05) is 0 Å². The van der Waals surface area contributed by atoms with Crippen LogP contribution in [-0.4, -0.2) is 75.4 Å². The highest BCUT2D eigenvalue weighted by Crippen LogP contribution is 2.22. The number of likely N-dealkylation sites (N-methyl/N-ethyl adjacent to an activating group) is 1. The van der Waals surface area contributed by atoms with Crippen molar-refractivity contribution in [2.75, 3.05) is 53.5 Å². The number of methoxy groups -OCH3 is 1. The van der Waals surface area contributed by atoms with E-state index < -0.39 is 0 Å². The van der Waals surface area contributed by atoms with Crippen molar-refractivity contribution in [1.29, 1.82) is 0 Å². The average Bonchev–Trinajstić information content (AvgIpc) is 2.66. The minimum atomic E-state index is 0.533. The van der Waals surface area contributed by atoms with Crippen molar-refractivity contribution in [3.63, 3.8) is 0 Å². The monoisotopic (exact) mass is 241 g/mol. The highest BCUT2D eigenvalue weighted by Gasteiger charge is 2.31. The molecule has 17 heavy (non-hydrogen) atoms. The first-order valence-corrected chi connectivity index (χ1v) is 6.96. The summed E-state index contributed by atoms with van der Waals surface area (Å²) < 4.78 is 5.37. The van der Waals surface area contributed by atoms with Crippen LogP contribution in [0.4, 0.5) is 0 Å². The summed E-state index contributed by atoms with van der Waals surface area (Å²) in [6.07, 6.45) is 4.08. The van der Waals surface area contributed by atoms with Gasteiger partial charge in [0, 0.05) is 32.3 Å². The van der Waals surface area contributed by atoms with E-state index in [4.69, 9.17) is 4.74 Å². The maximum atomic E-state index is 5.37. The van der Waals surface area contributed by atoms with E-state index in [1.54, 1.807) is 0 Å². The summed E-state index contributed by atoms with van der Waals surface area (Å²) in [6.45, 7) is 6.94. The number of fused-ring (bicyclic) bond motifs is 1. The van der Waals surface area contributed by atoms with Gasteiger partial charge in [0.15, 0.2) is 0 Å². The molecule has 0 radical (unpaired) electrons. The second-order valence-corrected chi connectivity index (χ2v) is 5.35. The zero-order chi connectivity index (χ0) is 12.1. The molecule has 1 N–H and O–H groups in total. The topological polar surface area (TPSA) is 27.7 Å². The van der Waals surface area contributed by atoms with Gasteiger partial charge < -0.3 is 10.1 Å². The highest BCUT2D eigenvalue weighted by atomic mass is 16.5. The number of hydrogen-bond donors (Lipinski definition) is 1. The van der Waals surface area contributed by atoms with Gasteiger partial charge in [-0.3, -0.25) is 9.80 Å². The van der Waals surface area contributed by atoms with Gasteiger partial charge in [-0.05, 0) is 45.9 Å². The first-order valence-electron chi connectivity index (χ1n) is 6.96. The molecule has 2 aliphatic rings. The van der Waals surface area contributed by atoms with Crippen molar-refractivity contribution in [2.24, 2.45) is 0 Å². The van der Waals surface area contributed by atoms with Gasteiger partial charge in [0.2, 0.25) is 0 Å². The van der Waals surface area contributed by atoms with Crippen LogP contribution in [-0.2, 0) is 4.74 Å². The van der Waals surface area contributed by atoms with Crippen LogP contribution in [0.5, 0.6) is 0 Å². The maximum Gasteiger partial charge on any atom is 0.0630 e. The summed E-state index contributed by atoms with van der Waals surface area (Å²) in [7, 11) is 3.84. The lowest BCUT2D eigenvalue weighted by atomic mass is 10.1. The molecule has 2 atom stereocenters. The molecular formula is C13H27N3O. The minimum Gasteiger partial charge on any atom is -0.383 e. The predicted molar refractivity (Wildman–Crippen MR) is 70.4 cm³/mol. The molecule has 0 aliphatic carbocycles. The Balaban J connectivity index is 1.93. The maximum absolute atomic E-state index is 5.37. The molecule has 0 spiro atoms. The fourth-order valence-corrected chi connectivity index (χ4v) is 3.29. The Morgan fingerprint density at radius 2 is 2.12 bits per heavy atom. The summed E-state index contributed by atoms with van der Waals surface area (Å²) >= 11 is 0. The molecule has 0 saturated carbocycles. The van der Waals surface area contributed by atoms with Gasteiger partial charge in [-0.15, -0.1) is 0 Å². The van der Waals surface area contributed by atoms with Crippen LogP contribution in [0, 0.1) is 0 Å². The molecular weight excluding hydrogens is 214 g/mol. The normalized spacial score (nSPS) is 28.9. The van der Waals surface area contributed by atoms with Gasteiger partial charge in [0.25, 0.3) is 0 Å². The summed E-state index contributed by atoms with van der Waals surface area (Å²) in [4.78, 5) is 5.32. The van der Waals surface area contributed by atoms with Crippen LogP contribution in [0.15, 0.2) is 0 Å². The van der Waals surface area contributed by atoms with Gasteiger partial charge in [0.1, 0.15) is 0 Å². The van der Waals surface area contributed by atoms with Gasteiger partial charge in [-0.25, -0.2) is 0 Å². The van der Waals surface area contributed by atoms with E-state index in [0.717, 1.165) is 19.2 Å². The fourth-order valence-electron chi connectivity index (χ4n) is 3.29. The third kappa shape index (κ3) is 3.41. The minimum absolute atomic E-state index is 0.533. The van der Waals surface area contributed by atoms with E-state index in [0.29, 0.717) is 6.04 Å². The number of rotatable bonds is 5. The van der Waals surface area contributed by atoms with Crippen LogP contribution < -0.4 is 5.32 Å². The second kappa shape index (κ2) is 6.69. The lowest BCUT2D eigenvalue weighted by Crippen LogP contribution is -2.48. The van der Waals surface area contributed by atoms with E-state index in [1.165, 1.54) is 45.4 Å². The Bertz CT molecular complexity index is 219. The van der Waals surface area contributed by atoms with E-state index in [1.807, 2.05) is 14.2 Å². The molecule has 0 amide bonds. The van der Waals surface area contributed by atoms with Crippen LogP contribution in [0.3, 0.4) is 0 Å². The Labute approximate surface area is 105 Å². The van der Waals surface area contributed by atoms with Crippen LogP contribution >= 0.6 is 0 Å². The zero-order valence-electron chi connectivity index (χ0n) is 11.3. The third-order valence-corrected chi connectivity index (χ3v) is 4.15. The largest absolute Gasteiger partial charge is 0.383 e. The van der Waals surface area contributed by atoms with Crippen molar-refractivity contribution in [1.82, 2.24) is 15.1 Å². The zero-order valence-corrected chi connectivity index (χ0v) is 11.3. The Morgan fingerprint density at radius 1 is 1.29 bits per heavy atom. The molecule has 0 aromatic heterocycles. The lowest BCUT2D eigenvalue weighted by Gasteiger charge is -2.32. The van der Waals surface area contributed by atoms with E-state index in [-0.39, 0.29) is 0 Å². The molecule has 2 unspecified atom stereocenters. The van der Waals surface area contributed by atoms with Gasteiger partial charge in [-0.2, -0.15) is 0 Å². The fraction of sp³-hybridized carbons (Fsp3) is 1.00.